The van der Waals surface area contributed by atoms with Gasteiger partial charge in [0.25, 0.3) is 0 Å². The van der Waals surface area contributed by atoms with Gasteiger partial charge in [-0.25, -0.2) is 0 Å². The Kier molecular flexibility index (Phi) is 4.54. The van der Waals surface area contributed by atoms with Gasteiger partial charge in [0.1, 0.15) is 0 Å². The lowest BCUT2D eigenvalue weighted by molar-refractivity contribution is 0.00229. The highest BCUT2D eigenvalue weighted by molar-refractivity contribution is 8.00. The molecular formula is C13H23FOS. The highest BCUT2D eigenvalue weighted by Crippen LogP contribution is 2.47. The van der Waals surface area contributed by atoms with Crippen LogP contribution in [0.2, 0.25) is 0 Å². The summed E-state index contributed by atoms with van der Waals surface area (Å²) in [4.78, 5) is 0. The van der Waals surface area contributed by atoms with Crippen molar-refractivity contribution in [3.8, 4) is 0 Å². The van der Waals surface area contributed by atoms with Crippen molar-refractivity contribution in [1.29, 1.82) is 0 Å². The molecule has 1 nitrogen and oxygen atoms in total. The number of hydrogen-bond acceptors (Lipinski definition) is 2. The topological polar surface area (TPSA) is 20.2 Å². The Morgan fingerprint density at radius 2 is 1.81 bits per heavy atom. The van der Waals surface area contributed by atoms with Gasteiger partial charge in [-0.3, -0.25) is 4.39 Å². The second-order valence-electron chi connectivity index (χ2n) is 5.44. The minimum atomic E-state index is -0.419. The molecule has 16 heavy (non-hydrogen) atoms. The Morgan fingerprint density at radius 3 is 2.44 bits per heavy atom. The summed E-state index contributed by atoms with van der Waals surface area (Å²) in [5, 5.41) is 12.0. The van der Waals surface area contributed by atoms with E-state index in [0.717, 1.165) is 32.1 Å². The lowest BCUT2D eigenvalue weighted by Crippen LogP contribution is -2.42. The van der Waals surface area contributed by atoms with E-state index in [2.05, 4.69) is 11.8 Å². The summed E-state index contributed by atoms with van der Waals surface area (Å²) >= 11 is 2.10. The number of aliphatic hydroxyl groups is 1. The number of fused-ring (bicyclic) bond motifs is 2. The second kappa shape index (κ2) is 5.72. The smallest absolute Gasteiger partial charge is 0.0894 e. The van der Waals surface area contributed by atoms with E-state index in [1.165, 1.54) is 19.3 Å². The Hall–Kier alpha value is 0.240. The standard InChI is InChI=1S/C13H23FOS/c14-8-3-1-2-7-13(15)9-11-5-4-6-12(10-13)16-11/h11-12,15H,1-10H2. The molecule has 2 atom stereocenters. The molecule has 3 heteroatoms. The van der Waals surface area contributed by atoms with Crippen LogP contribution in [0, 0.1) is 0 Å². The van der Waals surface area contributed by atoms with E-state index >= 15 is 0 Å². The van der Waals surface area contributed by atoms with E-state index in [1.807, 2.05) is 0 Å². The first-order valence-electron chi connectivity index (χ1n) is 6.66. The maximum atomic E-state index is 12.0. The van der Waals surface area contributed by atoms with Crippen molar-refractivity contribution in [2.45, 2.75) is 73.9 Å². The summed E-state index contributed by atoms with van der Waals surface area (Å²) in [5.74, 6) is 0. The fraction of sp³-hybridized carbons (Fsp3) is 1.00. The third-order valence-corrected chi connectivity index (χ3v) is 5.50. The number of thioether (sulfide) groups is 1. The molecule has 0 amide bonds. The molecular weight excluding hydrogens is 223 g/mol. The van der Waals surface area contributed by atoms with Crippen LogP contribution in [-0.4, -0.2) is 27.9 Å². The minimum Gasteiger partial charge on any atom is -0.390 e. The molecule has 2 aliphatic rings. The fourth-order valence-electron chi connectivity index (χ4n) is 3.14. The number of hydrogen-bond donors (Lipinski definition) is 1. The van der Waals surface area contributed by atoms with E-state index in [4.69, 9.17) is 0 Å². The summed E-state index contributed by atoms with van der Waals surface area (Å²) < 4.78 is 12.0. The maximum Gasteiger partial charge on any atom is 0.0894 e. The van der Waals surface area contributed by atoms with Crippen molar-refractivity contribution in [3.63, 3.8) is 0 Å². The zero-order valence-electron chi connectivity index (χ0n) is 9.96. The van der Waals surface area contributed by atoms with Crippen molar-refractivity contribution in [1.82, 2.24) is 0 Å². The van der Waals surface area contributed by atoms with Crippen LogP contribution in [0.1, 0.15) is 57.8 Å². The van der Waals surface area contributed by atoms with E-state index in [-0.39, 0.29) is 6.67 Å². The molecule has 2 rings (SSSR count). The maximum absolute atomic E-state index is 12.0. The van der Waals surface area contributed by atoms with Crippen molar-refractivity contribution in [2.24, 2.45) is 0 Å². The molecule has 0 radical (unpaired) electrons. The summed E-state index contributed by atoms with van der Waals surface area (Å²) in [6, 6.07) is 0. The van der Waals surface area contributed by atoms with Crippen LogP contribution in [0.15, 0.2) is 0 Å². The van der Waals surface area contributed by atoms with Gasteiger partial charge < -0.3 is 5.11 Å². The van der Waals surface area contributed by atoms with Crippen molar-refractivity contribution in [3.05, 3.63) is 0 Å². The molecule has 1 N–H and O–H groups in total. The molecule has 94 valence electrons. The second-order valence-corrected chi connectivity index (χ2v) is 7.05. The van der Waals surface area contributed by atoms with E-state index < -0.39 is 5.60 Å². The predicted octanol–water partition coefficient (Wildman–Crippen LogP) is 3.70. The summed E-state index contributed by atoms with van der Waals surface area (Å²) in [6.45, 7) is -0.209. The van der Waals surface area contributed by atoms with Crippen LogP contribution in [0.4, 0.5) is 4.39 Å². The number of alkyl halides is 1. The Labute approximate surface area is 102 Å². The first kappa shape index (κ1) is 12.7. The summed E-state index contributed by atoms with van der Waals surface area (Å²) in [6.07, 6.45) is 9.35. The highest BCUT2D eigenvalue weighted by Gasteiger charge is 2.40. The van der Waals surface area contributed by atoms with Crippen LogP contribution < -0.4 is 0 Å². The van der Waals surface area contributed by atoms with Crippen molar-refractivity contribution < 1.29 is 9.50 Å². The Bertz CT molecular complexity index is 210. The van der Waals surface area contributed by atoms with Crippen LogP contribution in [0.3, 0.4) is 0 Å². The van der Waals surface area contributed by atoms with Gasteiger partial charge in [0.05, 0.1) is 12.3 Å². The lowest BCUT2D eigenvalue weighted by Gasteiger charge is -2.44. The van der Waals surface area contributed by atoms with Gasteiger partial charge in [0, 0.05) is 10.5 Å². The molecule has 0 saturated carbocycles. The van der Waals surface area contributed by atoms with Gasteiger partial charge in [-0.1, -0.05) is 19.3 Å². The fourth-order valence-corrected chi connectivity index (χ4v) is 5.10. The SMILES string of the molecule is OC1(CCCCCF)CC2CCCC(C1)S2. The quantitative estimate of drug-likeness (QED) is 0.746. The average molecular weight is 246 g/mol. The molecule has 2 aliphatic heterocycles. The van der Waals surface area contributed by atoms with E-state index in [9.17, 15) is 9.50 Å². The van der Waals surface area contributed by atoms with Gasteiger partial charge in [-0.05, 0) is 38.5 Å². The number of halogens is 1. The molecule has 0 aromatic carbocycles. The molecule has 2 bridgehead atoms. The van der Waals surface area contributed by atoms with Gasteiger partial charge in [0.15, 0.2) is 0 Å². The molecule has 0 aliphatic carbocycles. The Balaban J connectivity index is 1.78. The lowest BCUT2D eigenvalue weighted by atomic mass is 9.82. The third-order valence-electron chi connectivity index (χ3n) is 3.93. The van der Waals surface area contributed by atoms with Crippen molar-refractivity contribution in [2.75, 3.05) is 6.67 Å². The van der Waals surface area contributed by atoms with Crippen LogP contribution in [0.5, 0.6) is 0 Å². The first-order chi connectivity index (χ1) is 7.72. The summed E-state index contributed by atoms with van der Waals surface area (Å²) in [5.41, 5.74) is -0.419. The molecule has 0 spiro atoms. The zero-order valence-corrected chi connectivity index (χ0v) is 10.8. The monoisotopic (exact) mass is 246 g/mol. The molecule has 0 aromatic heterocycles. The van der Waals surface area contributed by atoms with E-state index in [1.54, 1.807) is 0 Å². The molecule has 2 heterocycles. The van der Waals surface area contributed by atoms with Gasteiger partial charge in [-0.2, -0.15) is 11.8 Å². The normalized spacial score (nSPS) is 38.6. The number of rotatable bonds is 5. The molecule has 2 saturated heterocycles. The zero-order chi connectivity index (χ0) is 11.4. The molecule has 2 fully saturated rings. The van der Waals surface area contributed by atoms with Crippen LogP contribution in [-0.2, 0) is 0 Å². The summed E-state index contributed by atoms with van der Waals surface area (Å²) in [7, 11) is 0. The van der Waals surface area contributed by atoms with Gasteiger partial charge >= 0.3 is 0 Å². The van der Waals surface area contributed by atoms with Crippen LogP contribution in [0.25, 0.3) is 0 Å². The molecule has 2 unspecified atom stereocenters. The Morgan fingerprint density at radius 1 is 1.12 bits per heavy atom. The minimum absolute atomic E-state index is 0.209. The highest BCUT2D eigenvalue weighted by atomic mass is 32.2. The van der Waals surface area contributed by atoms with Crippen LogP contribution >= 0.6 is 11.8 Å². The largest absolute Gasteiger partial charge is 0.390 e. The predicted molar refractivity (Wildman–Crippen MR) is 67.6 cm³/mol. The van der Waals surface area contributed by atoms with Gasteiger partial charge in [-0.15, -0.1) is 0 Å². The van der Waals surface area contributed by atoms with Gasteiger partial charge in [0.2, 0.25) is 0 Å². The van der Waals surface area contributed by atoms with E-state index in [0.29, 0.717) is 16.9 Å². The third kappa shape index (κ3) is 3.36. The number of unbranched alkanes of at least 4 members (excludes halogenated alkanes) is 2. The first-order valence-corrected chi connectivity index (χ1v) is 7.60. The molecule has 0 aromatic rings. The van der Waals surface area contributed by atoms with Crippen molar-refractivity contribution >= 4 is 11.8 Å². The average Bonchev–Trinajstić information content (AvgIpc) is 2.24.